The van der Waals surface area contributed by atoms with Crippen LogP contribution in [0.3, 0.4) is 0 Å². The Morgan fingerprint density at radius 3 is 2.65 bits per heavy atom. The first-order valence-electron chi connectivity index (χ1n) is 7.80. The monoisotopic (exact) mass is 331 g/mol. The van der Waals surface area contributed by atoms with Crippen LogP contribution in [0.4, 0.5) is 0 Å². The zero-order valence-electron chi connectivity index (χ0n) is 13.5. The molecule has 0 heterocycles. The SMILES string of the molecule is Cc1cc(O[C@@H](C)C(=O)NCCCc2ccccc2)ccc1Cl. The number of nitrogens with one attached hydrogen (secondary N) is 1. The Balaban J connectivity index is 1.73. The maximum atomic E-state index is 12.0. The largest absolute Gasteiger partial charge is 0.481 e. The van der Waals surface area contributed by atoms with Gasteiger partial charge in [0.25, 0.3) is 5.91 Å². The number of hydrogen-bond acceptors (Lipinski definition) is 2. The number of rotatable bonds is 7. The summed E-state index contributed by atoms with van der Waals surface area (Å²) in [6.07, 6.45) is 1.32. The summed E-state index contributed by atoms with van der Waals surface area (Å²) in [6.45, 7) is 4.29. The van der Waals surface area contributed by atoms with Crippen LogP contribution >= 0.6 is 11.6 Å². The maximum Gasteiger partial charge on any atom is 0.260 e. The van der Waals surface area contributed by atoms with Crippen LogP contribution in [0.1, 0.15) is 24.5 Å². The highest BCUT2D eigenvalue weighted by molar-refractivity contribution is 6.31. The first kappa shape index (κ1) is 17.4. The van der Waals surface area contributed by atoms with Gasteiger partial charge in [-0.25, -0.2) is 0 Å². The first-order chi connectivity index (χ1) is 11.1. The van der Waals surface area contributed by atoms with Crippen molar-refractivity contribution in [3.63, 3.8) is 0 Å². The summed E-state index contributed by atoms with van der Waals surface area (Å²) in [7, 11) is 0. The molecule has 1 amide bonds. The van der Waals surface area contributed by atoms with Gasteiger partial charge in [-0.15, -0.1) is 0 Å². The van der Waals surface area contributed by atoms with Crippen LogP contribution in [0.5, 0.6) is 5.75 Å². The minimum absolute atomic E-state index is 0.106. The molecule has 0 saturated carbocycles. The molecule has 0 radical (unpaired) electrons. The summed E-state index contributed by atoms with van der Waals surface area (Å²) >= 11 is 5.98. The van der Waals surface area contributed by atoms with Crippen LogP contribution in [-0.2, 0) is 11.2 Å². The summed E-state index contributed by atoms with van der Waals surface area (Å²) < 4.78 is 5.66. The Hall–Kier alpha value is -2.00. The van der Waals surface area contributed by atoms with Gasteiger partial charge in [-0.2, -0.15) is 0 Å². The number of carbonyl (C=O) groups is 1. The van der Waals surface area contributed by atoms with Gasteiger partial charge in [0, 0.05) is 11.6 Å². The van der Waals surface area contributed by atoms with Crippen molar-refractivity contribution in [3.8, 4) is 5.75 Å². The van der Waals surface area contributed by atoms with Crippen molar-refractivity contribution in [2.24, 2.45) is 0 Å². The third-order valence-corrected chi connectivity index (χ3v) is 4.02. The van der Waals surface area contributed by atoms with E-state index in [0.29, 0.717) is 17.3 Å². The number of ether oxygens (including phenoxy) is 1. The van der Waals surface area contributed by atoms with Crippen molar-refractivity contribution in [2.75, 3.05) is 6.54 Å². The molecule has 4 heteroatoms. The predicted octanol–water partition coefficient (Wildman–Crippen LogP) is 4.16. The average Bonchev–Trinajstić information content (AvgIpc) is 2.55. The molecule has 1 atom stereocenters. The van der Waals surface area contributed by atoms with E-state index < -0.39 is 6.10 Å². The van der Waals surface area contributed by atoms with Gasteiger partial charge >= 0.3 is 0 Å². The van der Waals surface area contributed by atoms with E-state index in [1.807, 2.05) is 31.2 Å². The normalized spacial score (nSPS) is 11.8. The minimum atomic E-state index is -0.535. The molecule has 0 fully saturated rings. The first-order valence-corrected chi connectivity index (χ1v) is 8.18. The number of aryl methyl sites for hydroxylation is 2. The third-order valence-electron chi connectivity index (χ3n) is 3.60. The molecule has 0 aliphatic heterocycles. The van der Waals surface area contributed by atoms with Gasteiger partial charge in [-0.05, 0) is 56.0 Å². The number of hydrogen-bond donors (Lipinski definition) is 1. The molecule has 2 aromatic rings. The predicted molar refractivity (Wildman–Crippen MR) is 94.1 cm³/mol. The van der Waals surface area contributed by atoms with Crippen molar-refractivity contribution in [1.29, 1.82) is 0 Å². The van der Waals surface area contributed by atoms with Gasteiger partial charge in [-0.3, -0.25) is 4.79 Å². The standard InChI is InChI=1S/C19H22ClNO2/c1-14-13-17(10-11-18(14)20)23-15(2)19(22)21-12-6-9-16-7-4-3-5-8-16/h3-5,7-8,10-11,13,15H,6,9,12H2,1-2H3,(H,21,22)/t15-/m0/s1. The lowest BCUT2D eigenvalue weighted by atomic mass is 10.1. The Morgan fingerprint density at radius 2 is 1.96 bits per heavy atom. The van der Waals surface area contributed by atoms with Crippen LogP contribution in [0.2, 0.25) is 5.02 Å². The highest BCUT2D eigenvalue weighted by Crippen LogP contribution is 2.21. The Labute approximate surface area is 142 Å². The number of halogens is 1. The van der Waals surface area contributed by atoms with Crippen LogP contribution in [0, 0.1) is 6.92 Å². The zero-order valence-corrected chi connectivity index (χ0v) is 14.3. The molecule has 122 valence electrons. The molecule has 0 aromatic heterocycles. The lowest BCUT2D eigenvalue weighted by Crippen LogP contribution is -2.36. The summed E-state index contributed by atoms with van der Waals surface area (Å²) in [5, 5.41) is 3.60. The molecule has 23 heavy (non-hydrogen) atoms. The molecule has 0 saturated heterocycles. The average molecular weight is 332 g/mol. The smallest absolute Gasteiger partial charge is 0.260 e. The lowest BCUT2D eigenvalue weighted by Gasteiger charge is -2.15. The number of amides is 1. The second-order valence-electron chi connectivity index (χ2n) is 5.55. The van der Waals surface area contributed by atoms with Crippen molar-refractivity contribution in [3.05, 3.63) is 64.7 Å². The van der Waals surface area contributed by atoms with Crippen molar-refractivity contribution in [2.45, 2.75) is 32.8 Å². The van der Waals surface area contributed by atoms with Gasteiger partial charge in [0.05, 0.1) is 0 Å². The molecular weight excluding hydrogens is 310 g/mol. The van der Waals surface area contributed by atoms with E-state index >= 15 is 0 Å². The molecular formula is C19H22ClNO2. The summed E-state index contributed by atoms with van der Waals surface area (Å²) in [4.78, 5) is 12.0. The fourth-order valence-electron chi connectivity index (χ4n) is 2.24. The Bertz CT molecular complexity index is 643. The second kappa shape index (κ2) is 8.59. The lowest BCUT2D eigenvalue weighted by molar-refractivity contribution is -0.127. The quantitative estimate of drug-likeness (QED) is 0.773. The molecule has 0 aliphatic carbocycles. The molecule has 2 rings (SSSR count). The van der Waals surface area contributed by atoms with E-state index in [1.165, 1.54) is 5.56 Å². The van der Waals surface area contributed by atoms with Gasteiger partial charge in [0.1, 0.15) is 5.75 Å². The summed E-state index contributed by atoms with van der Waals surface area (Å²) in [5.74, 6) is 0.546. The fraction of sp³-hybridized carbons (Fsp3) is 0.316. The highest BCUT2D eigenvalue weighted by Gasteiger charge is 2.14. The zero-order chi connectivity index (χ0) is 16.7. The van der Waals surface area contributed by atoms with E-state index in [1.54, 1.807) is 19.1 Å². The topological polar surface area (TPSA) is 38.3 Å². The van der Waals surface area contributed by atoms with Gasteiger partial charge in [-0.1, -0.05) is 41.9 Å². The van der Waals surface area contributed by atoms with Crippen LogP contribution in [-0.4, -0.2) is 18.6 Å². The van der Waals surface area contributed by atoms with Gasteiger partial charge in [0.2, 0.25) is 0 Å². The fourth-order valence-corrected chi connectivity index (χ4v) is 2.36. The Kier molecular flexibility index (Phi) is 6.48. The maximum absolute atomic E-state index is 12.0. The Morgan fingerprint density at radius 1 is 1.22 bits per heavy atom. The van der Waals surface area contributed by atoms with E-state index in [4.69, 9.17) is 16.3 Å². The molecule has 0 spiro atoms. The minimum Gasteiger partial charge on any atom is -0.481 e. The number of carbonyl (C=O) groups excluding carboxylic acids is 1. The summed E-state index contributed by atoms with van der Waals surface area (Å²) in [5.41, 5.74) is 2.21. The molecule has 0 aliphatic rings. The van der Waals surface area contributed by atoms with Crippen LogP contribution in [0.25, 0.3) is 0 Å². The van der Waals surface area contributed by atoms with Crippen molar-refractivity contribution in [1.82, 2.24) is 5.32 Å². The molecule has 3 nitrogen and oxygen atoms in total. The van der Waals surface area contributed by atoms with Crippen LogP contribution in [0.15, 0.2) is 48.5 Å². The van der Waals surface area contributed by atoms with Crippen LogP contribution < -0.4 is 10.1 Å². The molecule has 0 bridgehead atoms. The van der Waals surface area contributed by atoms with E-state index in [0.717, 1.165) is 18.4 Å². The van der Waals surface area contributed by atoms with E-state index in [2.05, 4.69) is 17.4 Å². The summed E-state index contributed by atoms with van der Waals surface area (Å²) in [6, 6.07) is 15.6. The van der Waals surface area contributed by atoms with Crippen molar-refractivity contribution < 1.29 is 9.53 Å². The highest BCUT2D eigenvalue weighted by atomic mass is 35.5. The molecule has 2 aromatic carbocycles. The van der Waals surface area contributed by atoms with Crippen molar-refractivity contribution >= 4 is 17.5 Å². The second-order valence-corrected chi connectivity index (χ2v) is 5.96. The third kappa shape index (κ3) is 5.61. The van der Waals surface area contributed by atoms with E-state index in [-0.39, 0.29) is 5.91 Å². The molecule has 1 N–H and O–H groups in total. The van der Waals surface area contributed by atoms with E-state index in [9.17, 15) is 4.79 Å². The number of benzene rings is 2. The molecule has 0 unspecified atom stereocenters. The van der Waals surface area contributed by atoms with Gasteiger partial charge in [0.15, 0.2) is 6.10 Å². The van der Waals surface area contributed by atoms with Gasteiger partial charge < -0.3 is 10.1 Å².